The van der Waals surface area contributed by atoms with E-state index in [1.54, 1.807) is 6.33 Å². The zero-order chi connectivity index (χ0) is 12.8. The van der Waals surface area contributed by atoms with Crippen LogP contribution in [0.25, 0.3) is 0 Å². The van der Waals surface area contributed by atoms with E-state index in [1.807, 2.05) is 6.92 Å². The third kappa shape index (κ3) is 3.55. The van der Waals surface area contributed by atoms with E-state index in [2.05, 4.69) is 36.5 Å². The van der Waals surface area contributed by atoms with Gasteiger partial charge in [-0.05, 0) is 41.6 Å². The molecule has 0 aliphatic carbocycles. The number of anilines is 2. The minimum absolute atomic E-state index is 0.572. The van der Waals surface area contributed by atoms with Gasteiger partial charge >= 0.3 is 0 Å². The van der Waals surface area contributed by atoms with Crippen LogP contribution in [0.1, 0.15) is 19.8 Å². The first kappa shape index (κ1) is 13.5. The maximum atomic E-state index is 5.47. The van der Waals surface area contributed by atoms with Crippen LogP contribution >= 0.6 is 15.9 Å². The molecule has 100 valence electrons. The molecule has 1 aliphatic rings. The van der Waals surface area contributed by atoms with Crippen LogP contribution in [0.15, 0.2) is 10.8 Å². The molecule has 0 aromatic carbocycles. The highest BCUT2D eigenvalue weighted by Crippen LogP contribution is 2.26. The molecule has 0 saturated carbocycles. The topological polar surface area (TPSA) is 59.1 Å². The Labute approximate surface area is 116 Å². The summed E-state index contributed by atoms with van der Waals surface area (Å²) in [6, 6.07) is 0. The minimum atomic E-state index is 0.572. The smallest absolute Gasteiger partial charge is 0.145 e. The summed E-state index contributed by atoms with van der Waals surface area (Å²) < 4.78 is 6.36. The third-order valence-corrected chi connectivity index (χ3v) is 3.70. The van der Waals surface area contributed by atoms with E-state index in [1.165, 1.54) is 6.42 Å². The molecule has 0 bridgehead atoms. The average molecular weight is 315 g/mol. The lowest BCUT2D eigenvalue weighted by Gasteiger charge is -2.22. The van der Waals surface area contributed by atoms with Crippen LogP contribution in [0.5, 0.6) is 0 Å². The molecule has 1 fully saturated rings. The number of nitrogens with zero attached hydrogens (tertiary/aromatic N) is 2. The van der Waals surface area contributed by atoms with Crippen molar-refractivity contribution in [3.63, 3.8) is 0 Å². The number of rotatable bonds is 5. The van der Waals surface area contributed by atoms with E-state index in [4.69, 9.17) is 4.74 Å². The lowest BCUT2D eigenvalue weighted by molar-refractivity contribution is 0.0595. The number of aromatic nitrogens is 2. The molecule has 5 nitrogen and oxygen atoms in total. The summed E-state index contributed by atoms with van der Waals surface area (Å²) in [6.07, 6.45) is 3.94. The van der Waals surface area contributed by atoms with Crippen LogP contribution in [0.3, 0.4) is 0 Å². The van der Waals surface area contributed by atoms with Gasteiger partial charge in [0.25, 0.3) is 0 Å². The summed E-state index contributed by atoms with van der Waals surface area (Å²) in [5.74, 6) is 2.24. The molecule has 0 spiro atoms. The van der Waals surface area contributed by atoms with Crippen molar-refractivity contribution in [1.82, 2.24) is 9.97 Å². The number of halogens is 1. The molecule has 1 unspecified atom stereocenters. The fourth-order valence-corrected chi connectivity index (χ4v) is 2.48. The van der Waals surface area contributed by atoms with Gasteiger partial charge in [0, 0.05) is 19.7 Å². The van der Waals surface area contributed by atoms with Gasteiger partial charge in [-0.1, -0.05) is 0 Å². The predicted molar refractivity (Wildman–Crippen MR) is 75.9 cm³/mol. The monoisotopic (exact) mass is 314 g/mol. The molecule has 6 heteroatoms. The quantitative estimate of drug-likeness (QED) is 0.874. The molecular formula is C12H19BrN4O. The second kappa shape index (κ2) is 6.89. The van der Waals surface area contributed by atoms with Gasteiger partial charge in [-0.3, -0.25) is 0 Å². The van der Waals surface area contributed by atoms with E-state index in [9.17, 15) is 0 Å². The summed E-state index contributed by atoms with van der Waals surface area (Å²) in [4.78, 5) is 8.45. The Bertz CT molecular complexity index is 382. The van der Waals surface area contributed by atoms with Gasteiger partial charge in [0.15, 0.2) is 0 Å². The van der Waals surface area contributed by atoms with Gasteiger partial charge < -0.3 is 15.4 Å². The first-order valence-electron chi connectivity index (χ1n) is 6.37. The SMILES string of the molecule is CCNc1ncnc(NCC2CCCOC2)c1Br. The molecular weight excluding hydrogens is 296 g/mol. The first-order valence-corrected chi connectivity index (χ1v) is 7.16. The van der Waals surface area contributed by atoms with Gasteiger partial charge in [0.2, 0.25) is 0 Å². The van der Waals surface area contributed by atoms with Crippen LogP contribution in [0, 0.1) is 5.92 Å². The van der Waals surface area contributed by atoms with Gasteiger partial charge in [0.1, 0.15) is 22.4 Å². The Balaban J connectivity index is 1.93. The molecule has 2 heterocycles. The van der Waals surface area contributed by atoms with Crippen LogP contribution in [0.4, 0.5) is 11.6 Å². The van der Waals surface area contributed by atoms with Gasteiger partial charge in [-0.2, -0.15) is 0 Å². The number of nitrogens with one attached hydrogen (secondary N) is 2. The molecule has 2 N–H and O–H groups in total. The van der Waals surface area contributed by atoms with Crippen molar-refractivity contribution >= 4 is 27.6 Å². The van der Waals surface area contributed by atoms with Crippen molar-refractivity contribution < 1.29 is 4.74 Å². The molecule has 2 rings (SSSR count). The maximum absolute atomic E-state index is 5.47. The van der Waals surface area contributed by atoms with E-state index < -0.39 is 0 Å². The second-order valence-electron chi connectivity index (χ2n) is 4.38. The fraction of sp³-hybridized carbons (Fsp3) is 0.667. The summed E-state index contributed by atoms with van der Waals surface area (Å²) in [7, 11) is 0. The highest BCUT2D eigenvalue weighted by molar-refractivity contribution is 9.10. The Morgan fingerprint density at radius 2 is 2.17 bits per heavy atom. The normalized spacial score (nSPS) is 19.6. The standard InChI is InChI=1S/C12H19BrN4O/c1-2-14-11-10(13)12(17-8-16-11)15-6-9-4-3-5-18-7-9/h8-9H,2-7H2,1H3,(H2,14,15,16,17). The van der Waals surface area contributed by atoms with Crippen molar-refractivity contribution in [3.8, 4) is 0 Å². The van der Waals surface area contributed by atoms with E-state index >= 15 is 0 Å². The zero-order valence-electron chi connectivity index (χ0n) is 10.6. The molecule has 1 atom stereocenters. The Morgan fingerprint density at radius 3 is 2.83 bits per heavy atom. The Kier molecular flexibility index (Phi) is 5.19. The van der Waals surface area contributed by atoms with Crippen molar-refractivity contribution in [2.45, 2.75) is 19.8 Å². The number of hydrogen-bond acceptors (Lipinski definition) is 5. The van der Waals surface area contributed by atoms with Gasteiger partial charge in [-0.25, -0.2) is 9.97 Å². The van der Waals surface area contributed by atoms with E-state index in [0.29, 0.717) is 5.92 Å². The van der Waals surface area contributed by atoms with Crippen LogP contribution in [-0.4, -0.2) is 36.3 Å². The fourth-order valence-electron chi connectivity index (χ4n) is 1.99. The Hall–Kier alpha value is -0.880. The summed E-state index contributed by atoms with van der Waals surface area (Å²) in [5, 5.41) is 6.55. The van der Waals surface area contributed by atoms with Gasteiger partial charge in [0.05, 0.1) is 6.61 Å². The highest BCUT2D eigenvalue weighted by Gasteiger charge is 2.15. The van der Waals surface area contributed by atoms with Crippen molar-refractivity contribution in [1.29, 1.82) is 0 Å². The minimum Gasteiger partial charge on any atom is -0.381 e. The highest BCUT2D eigenvalue weighted by atomic mass is 79.9. The predicted octanol–water partition coefficient (Wildman–Crippen LogP) is 2.51. The molecule has 1 aromatic rings. The van der Waals surface area contributed by atoms with E-state index in [0.717, 1.165) is 48.8 Å². The lowest BCUT2D eigenvalue weighted by atomic mass is 10.0. The van der Waals surface area contributed by atoms with Crippen molar-refractivity contribution in [3.05, 3.63) is 10.8 Å². The average Bonchev–Trinajstić information content (AvgIpc) is 2.41. The Morgan fingerprint density at radius 1 is 1.39 bits per heavy atom. The second-order valence-corrected chi connectivity index (χ2v) is 5.17. The third-order valence-electron chi connectivity index (χ3n) is 2.95. The molecule has 1 aliphatic heterocycles. The lowest BCUT2D eigenvalue weighted by Crippen LogP contribution is -2.24. The molecule has 0 radical (unpaired) electrons. The summed E-state index contributed by atoms with van der Waals surface area (Å²) in [5.41, 5.74) is 0. The number of ether oxygens (including phenoxy) is 1. The maximum Gasteiger partial charge on any atom is 0.145 e. The molecule has 18 heavy (non-hydrogen) atoms. The summed E-state index contributed by atoms with van der Waals surface area (Å²) in [6.45, 7) is 5.52. The van der Waals surface area contributed by atoms with E-state index in [-0.39, 0.29) is 0 Å². The first-order chi connectivity index (χ1) is 8.81. The molecule has 1 saturated heterocycles. The van der Waals surface area contributed by atoms with Crippen LogP contribution in [-0.2, 0) is 4.74 Å². The van der Waals surface area contributed by atoms with Gasteiger partial charge in [-0.15, -0.1) is 0 Å². The van der Waals surface area contributed by atoms with Crippen LogP contribution < -0.4 is 10.6 Å². The number of hydrogen-bond donors (Lipinski definition) is 2. The molecule has 0 amide bonds. The molecule has 1 aromatic heterocycles. The van der Waals surface area contributed by atoms with Crippen molar-refractivity contribution in [2.75, 3.05) is 36.9 Å². The largest absolute Gasteiger partial charge is 0.381 e. The summed E-state index contributed by atoms with van der Waals surface area (Å²) >= 11 is 3.53. The van der Waals surface area contributed by atoms with Crippen LogP contribution in [0.2, 0.25) is 0 Å². The zero-order valence-corrected chi connectivity index (χ0v) is 12.2. The van der Waals surface area contributed by atoms with Crippen molar-refractivity contribution in [2.24, 2.45) is 5.92 Å².